The van der Waals surface area contributed by atoms with E-state index in [1.807, 2.05) is 36.4 Å². The predicted octanol–water partition coefficient (Wildman–Crippen LogP) is 4.18. The molecule has 0 radical (unpaired) electrons. The molecule has 0 bridgehead atoms. The van der Waals surface area contributed by atoms with Crippen LogP contribution in [0.25, 0.3) is 11.1 Å². The van der Waals surface area contributed by atoms with E-state index in [4.69, 9.17) is 4.74 Å². The number of aliphatic carboxylic acids is 1. The summed E-state index contributed by atoms with van der Waals surface area (Å²) >= 11 is 0. The van der Waals surface area contributed by atoms with Gasteiger partial charge in [0.2, 0.25) is 5.91 Å². The quantitative estimate of drug-likeness (QED) is 0.574. The van der Waals surface area contributed by atoms with Gasteiger partial charge in [0, 0.05) is 19.0 Å². The maximum absolute atomic E-state index is 13.1. The monoisotopic (exact) mass is 462 g/mol. The van der Waals surface area contributed by atoms with Gasteiger partial charge in [-0.05, 0) is 47.9 Å². The molecule has 1 fully saturated rings. The lowest BCUT2D eigenvalue weighted by Gasteiger charge is -2.33. The number of amides is 2. The molecule has 7 heteroatoms. The maximum Gasteiger partial charge on any atom is 0.407 e. The van der Waals surface area contributed by atoms with Crippen molar-refractivity contribution in [2.45, 2.75) is 37.6 Å². The molecule has 4 rings (SSSR count). The standard InChI is InChI=1S/C27H30N2O5/c1-2-3-14-24(25(30)29-15-8-9-18(16-29)26(31)32)28-27(33)34-17-23-21-12-6-4-10-19(21)20-11-5-7-13-22(20)23/h2,4-7,10-13,18,23-24H,1,3,8-9,14-17H2,(H,28,33)(H,31,32)/t18-,24?/m0/s1. The summed E-state index contributed by atoms with van der Waals surface area (Å²) in [5.41, 5.74) is 4.51. The highest BCUT2D eigenvalue weighted by molar-refractivity contribution is 5.86. The highest BCUT2D eigenvalue weighted by Gasteiger charge is 2.33. The number of rotatable bonds is 8. The van der Waals surface area contributed by atoms with Crippen molar-refractivity contribution in [3.8, 4) is 11.1 Å². The Morgan fingerprint density at radius 1 is 1.12 bits per heavy atom. The number of nitrogens with one attached hydrogen (secondary N) is 1. The molecule has 2 aromatic carbocycles. The molecule has 2 atom stereocenters. The van der Waals surface area contributed by atoms with Gasteiger partial charge in [0.15, 0.2) is 0 Å². The van der Waals surface area contributed by atoms with Gasteiger partial charge in [0.05, 0.1) is 5.92 Å². The van der Waals surface area contributed by atoms with Crippen molar-refractivity contribution in [3.63, 3.8) is 0 Å². The first-order valence-corrected chi connectivity index (χ1v) is 11.7. The van der Waals surface area contributed by atoms with Crippen molar-refractivity contribution < 1.29 is 24.2 Å². The lowest BCUT2D eigenvalue weighted by atomic mass is 9.97. The minimum Gasteiger partial charge on any atom is -0.481 e. The van der Waals surface area contributed by atoms with Crippen LogP contribution in [0.2, 0.25) is 0 Å². The SMILES string of the molecule is C=CCCC(NC(=O)OCC1c2ccccc2-c2ccccc21)C(=O)N1CCC[C@H](C(=O)O)C1. The van der Waals surface area contributed by atoms with E-state index in [1.54, 1.807) is 11.0 Å². The first-order valence-electron chi connectivity index (χ1n) is 11.7. The number of ether oxygens (including phenoxy) is 1. The van der Waals surface area contributed by atoms with Crippen LogP contribution in [0.5, 0.6) is 0 Å². The lowest BCUT2D eigenvalue weighted by Crippen LogP contribution is -2.52. The number of alkyl carbamates (subject to hydrolysis) is 1. The van der Waals surface area contributed by atoms with E-state index in [-0.39, 0.29) is 25.0 Å². The normalized spacial score (nSPS) is 17.9. The predicted molar refractivity (Wildman–Crippen MR) is 128 cm³/mol. The summed E-state index contributed by atoms with van der Waals surface area (Å²) in [6, 6.07) is 15.4. The van der Waals surface area contributed by atoms with Crippen LogP contribution < -0.4 is 5.32 Å². The number of likely N-dealkylation sites (tertiary alicyclic amines) is 1. The molecule has 1 unspecified atom stereocenters. The summed E-state index contributed by atoms with van der Waals surface area (Å²) in [5.74, 6) is -1.82. The first kappa shape index (κ1) is 23.5. The molecule has 34 heavy (non-hydrogen) atoms. The number of hydrogen-bond donors (Lipinski definition) is 2. The van der Waals surface area contributed by atoms with Crippen molar-refractivity contribution in [2.24, 2.45) is 5.92 Å². The molecule has 1 heterocycles. The summed E-state index contributed by atoms with van der Waals surface area (Å²) in [6.45, 7) is 4.51. The zero-order chi connectivity index (χ0) is 24.1. The molecule has 2 amide bonds. The number of hydrogen-bond acceptors (Lipinski definition) is 4. The van der Waals surface area contributed by atoms with E-state index in [0.29, 0.717) is 32.2 Å². The Hall–Kier alpha value is -3.61. The van der Waals surface area contributed by atoms with Crippen molar-refractivity contribution >= 4 is 18.0 Å². The Bertz CT molecular complexity index is 1040. The van der Waals surface area contributed by atoms with Crippen molar-refractivity contribution in [1.29, 1.82) is 0 Å². The molecule has 2 aromatic rings. The van der Waals surface area contributed by atoms with Crippen LogP contribution in [-0.4, -0.2) is 53.7 Å². The fourth-order valence-corrected chi connectivity index (χ4v) is 4.92. The van der Waals surface area contributed by atoms with Crippen molar-refractivity contribution in [2.75, 3.05) is 19.7 Å². The average Bonchev–Trinajstić information content (AvgIpc) is 3.18. The molecule has 0 spiro atoms. The van der Waals surface area contributed by atoms with E-state index in [1.165, 1.54) is 0 Å². The number of nitrogens with zero attached hydrogens (tertiary/aromatic N) is 1. The molecular formula is C27H30N2O5. The minimum absolute atomic E-state index is 0.0705. The molecule has 7 nitrogen and oxygen atoms in total. The molecule has 178 valence electrons. The summed E-state index contributed by atoms with van der Waals surface area (Å²) in [6.07, 6.45) is 3.13. The fourth-order valence-electron chi connectivity index (χ4n) is 4.92. The number of fused-ring (bicyclic) bond motifs is 3. The molecule has 1 aliphatic carbocycles. The minimum atomic E-state index is -0.898. The largest absolute Gasteiger partial charge is 0.481 e. The third kappa shape index (κ3) is 4.98. The summed E-state index contributed by atoms with van der Waals surface area (Å²) in [4.78, 5) is 38.8. The summed E-state index contributed by atoms with van der Waals surface area (Å²) in [7, 11) is 0. The van der Waals surface area contributed by atoms with Crippen LogP contribution >= 0.6 is 0 Å². The third-order valence-corrected chi connectivity index (χ3v) is 6.68. The smallest absolute Gasteiger partial charge is 0.407 e. The molecule has 1 aliphatic heterocycles. The number of carbonyl (C=O) groups is 3. The van der Waals surface area contributed by atoms with E-state index >= 15 is 0 Å². The maximum atomic E-state index is 13.1. The van der Waals surface area contributed by atoms with Gasteiger partial charge in [0.1, 0.15) is 12.6 Å². The van der Waals surface area contributed by atoms with Crippen molar-refractivity contribution in [1.82, 2.24) is 10.2 Å². The molecule has 1 saturated heterocycles. The first-order chi connectivity index (χ1) is 16.5. The Morgan fingerprint density at radius 3 is 2.38 bits per heavy atom. The summed E-state index contributed by atoms with van der Waals surface area (Å²) < 4.78 is 5.61. The topological polar surface area (TPSA) is 95.9 Å². The summed E-state index contributed by atoms with van der Waals surface area (Å²) in [5, 5.41) is 12.1. The number of carbonyl (C=O) groups excluding carboxylic acids is 2. The highest BCUT2D eigenvalue weighted by Crippen LogP contribution is 2.44. The van der Waals surface area contributed by atoms with Crippen LogP contribution in [0.15, 0.2) is 61.2 Å². The number of benzene rings is 2. The van der Waals surface area contributed by atoms with E-state index in [2.05, 4.69) is 24.0 Å². The Kier molecular flexibility index (Phi) is 7.30. The van der Waals surface area contributed by atoms with Crippen LogP contribution in [0.3, 0.4) is 0 Å². The Labute approximate surface area is 199 Å². The number of carboxylic acid groups (broad SMARTS) is 1. The second-order valence-corrected chi connectivity index (χ2v) is 8.85. The Balaban J connectivity index is 1.41. The Morgan fingerprint density at radius 2 is 1.76 bits per heavy atom. The third-order valence-electron chi connectivity index (χ3n) is 6.68. The molecule has 2 aliphatic rings. The average molecular weight is 463 g/mol. The van der Waals surface area contributed by atoms with Gasteiger partial charge in [-0.25, -0.2) is 4.79 Å². The van der Waals surface area contributed by atoms with E-state index in [9.17, 15) is 19.5 Å². The van der Waals surface area contributed by atoms with Gasteiger partial charge >= 0.3 is 12.1 Å². The van der Waals surface area contributed by atoms with Crippen LogP contribution in [0.1, 0.15) is 42.7 Å². The van der Waals surface area contributed by atoms with E-state index < -0.39 is 24.0 Å². The van der Waals surface area contributed by atoms with Crippen molar-refractivity contribution in [3.05, 3.63) is 72.3 Å². The van der Waals surface area contributed by atoms with Gasteiger partial charge in [-0.15, -0.1) is 6.58 Å². The number of allylic oxidation sites excluding steroid dienone is 1. The zero-order valence-corrected chi connectivity index (χ0v) is 19.1. The van der Waals surface area contributed by atoms with Crippen LogP contribution in [-0.2, 0) is 14.3 Å². The number of carboxylic acids is 1. The van der Waals surface area contributed by atoms with E-state index in [0.717, 1.165) is 22.3 Å². The van der Waals surface area contributed by atoms with Gasteiger partial charge in [-0.1, -0.05) is 54.6 Å². The second kappa shape index (κ2) is 10.5. The molecule has 2 N–H and O–H groups in total. The fraction of sp³-hybridized carbons (Fsp3) is 0.370. The van der Waals surface area contributed by atoms with Crippen LogP contribution in [0, 0.1) is 5.92 Å². The van der Waals surface area contributed by atoms with Gasteiger partial charge in [0.25, 0.3) is 0 Å². The van der Waals surface area contributed by atoms with Gasteiger partial charge in [-0.3, -0.25) is 9.59 Å². The molecule has 0 saturated carbocycles. The molecular weight excluding hydrogens is 432 g/mol. The van der Waals surface area contributed by atoms with Crippen LogP contribution in [0.4, 0.5) is 4.79 Å². The van der Waals surface area contributed by atoms with Gasteiger partial charge in [-0.2, -0.15) is 0 Å². The zero-order valence-electron chi connectivity index (χ0n) is 19.1. The lowest BCUT2D eigenvalue weighted by molar-refractivity contribution is -0.146. The second-order valence-electron chi connectivity index (χ2n) is 8.85. The highest BCUT2D eigenvalue weighted by atomic mass is 16.5. The molecule has 0 aromatic heterocycles. The van der Waals surface area contributed by atoms with Gasteiger partial charge < -0.3 is 20.1 Å². The number of piperidine rings is 1.